The van der Waals surface area contributed by atoms with E-state index < -0.39 is 17.6 Å². The van der Waals surface area contributed by atoms with Gasteiger partial charge in [0, 0.05) is 17.4 Å². The zero-order chi connectivity index (χ0) is 17.1. The molecule has 0 bridgehead atoms. The van der Waals surface area contributed by atoms with Gasteiger partial charge in [0.2, 0.25) is 0 Å². The summed E-state index contributed by atoms with van der Waals surface area (Å²) in [5.41, 5.74) is 0.0693. The molecule has 0 spiro atoms. The van der Waals surface area contributed by atoms with E-state index in [-0.39, 0.29) is 5.69 Å². The highest BCUT2D eigenvalue weighted by Gasteiger charge is 2.20. The molecule has 2 N–H and O–H groups in total. The summed E-state index contributed by atoms with van der Waals surface area (Å²) in [6.45, 7) is 0. The van der Waals surface area contributed by atoms with Crippen molar-refractivity contribution in [3.63, 3.8) is 0 Å². The van der Waals surface area contributed by atoms with E-state index in [9.17, 15) is 9.59 Å². The summed E-state index contributed by atoms with van der Waals surface area (Å²) in [4.78, 5) is 34.9. The van der Waals surface area contributed by atoms with E-state index in [4.69, 9.17) is 16.7 Å². The van der Waals surface area contributed by atoms with Gasteiger partial charge in [-0.3, -0.25) is 4.79 Å². The average molecular weight is 345 g/mol. The van der Waals surface area contributed by atoms with Gasteiger partial charge in [-0.15, -0.1) is 0 Å². The maximum absolute atomic E-state index is 12.4. The molecule has 120 valence electrons. The van der Waals surface area contributed by atoms with E-state index in [1.165, 1.54) is 35.8 Å². The highest BCUT2D eigenvalue weighted by atomic mass is 35.5. The van der Waals surface area contributed by atoms with E-state index in [0.29, 0.717) is 16.4 Å². The Kier molecular flexibility index (Phi) is 4.17. The lowest BCUT2D eigenvalue weighted by atomic mass is 10.2. The number of anilines is 1. The van der Waals surface area contributed by atoms with Gasteiger partial charge in [0.05, 0.1) is 11.4 Å². The maximum atomic E-state index is 12.4. The standard InChI is InChI=1S/C14H9ClN6O3/c15-8-1-2-10(21-7-16-6-19-21)9(5-8)20-13(22)11-12(14(23)24)18-4-3-17-11/h1-7H,(H,20,22)(H,23,24). The number of aromatic carboxylic acids is 1. The second-order valence-electron chi connectivity index (χ2n) is 4.51. The molecule has 2 aromatic heterocycles. The summed E-state index contributed by atoms with van der Waals surface area (Å²) < 4.78 is 1.43. The predicted octanol–water partition coefficient (Wildman–Crippen LogP) is 1.66. The molecular formula is C14H9ClN6O3. The second kappa shape index (κ2) is 6.42. The fraction of sp³-hybridized carbons (Fsp3) is 0. The number of rotatable bonds is 4. The second-order valence-corrected chi connectivity index (χ2v) is 4.95. The quantitative estimate of drug-likeness (QED) is 0.737. The minimum atomic E-state index is -1.35. The summed E-state index contributed by atoms with van der Waals surface area (Å²) in [5.74, 6) is -2.08. The molecule has 0 fully saturated rings. The third-order valence-corrected chi connectivity index (χ3v) is 3.22. The number of aromatic nitrogens is 5. The minimum absolute atomic E-state index is 0.311. The van der Waals surface area contributed by atoms with Crippen molar-refractivity contribution >= 4 is 29.2 Å². The van der Waals surface area contributed by atoms with Gasteiger partial charge in [-0.25, -0.2) is 24.4 Å². The number of carbonyl (C=O) groups is 2. The van der Waals surface area contributed by atoms with Crippen LogP contribution in [0.4, 0.5) is 5.69 Å². The lowest BCUT2D eigenvalue weighted by molar-refractivity contribution is 0.0685. The first kappa shape index (κ1) is 15.6. The number of amides is 1. The molecule has 1 aromatic carbocycles. The van der Waals surface area contributed by atoms with Gasteiger partial charge in [0.1, 0.15) is 12.7 Å². The molecule has 1 amide bonds. The number of hydrogen-bond acceptors (Lipinski definition) is 6. The molecule has 0 unspecified atom stereocenters. The highest BCUT2D eigenvalue weighted by molar-refractivity contribution is 6.31. The first-order valence-corrected chi connectivity index (χ1v) is 6.94. The van der Waals surface area contributed by atoms with Crippen LogP contribution in [0, 0.1) is 0 Å². The molecule has 2 heterocycles. The molecule has 10 heteroatoms. The van der Waals surface area contributed by atoms with Gasteiger partial charge < -0.3 is 10.4 Å². The lowest BCUT2D eigenvalue weighted by Crippen LogP contribution is -2.20. The van der Waals surface area contributed by atoms with Crippen LogP contribution in [0.1, 0.15) is 21.0 Å². The van der Waals surface area contributed by atoms with Gasteiger partial charge >= 0.3 is 5.97 Å². The van der Waals surface area contributed by atoms with Crippen molar-refractivity contribution in [2.75, 3.05) is 5.32 Å². The van der Waals surface area contributed by atoms with E-state index in [0.717, 1.165) is 0 Å². The first-order chi connectivity index (χ1) is 11.6. The number of carbonyl (C=O) groups excluding carboxylic acids is 1. The van der Waals surface area contributed by atoms with Crippen LogP contribution in [0.3, 0.4) is 0 Å². The molecule has 0 radical (unpaired) electrons. The molecule has 0 atom stereocenters. The predicted molar refractivity (Wildman–Crippen MR) is 83.3 cm³/mol. The van der Waals surface area contributed by atoms with Crippen LogP contribution >= 0.6 is 11.6 Å². The van der Waals surface area contributed by atoms with Crippen LogP contribution in [0.15, 0.2) is 43.2 Å². The van der Waals surface area contributed by atoms with Crippen LogP contribution in [-0.4, -0.2) is 41.7 Å². The zero-order valence-electron chi connectivity index (χ0n) is 11.9. The van der Waals surface area contributed by atoms with Crippen molar-refractivity contribution in [3.05, 3.63) is 59.7 Å². The van der Waals surface area contributed by atoms with Crippen molar-refractivity contribution < 1.29 is 14.7 Å². The number of halogens is 1. The van der Waals surface area contributed by atoms with E-state index in [2.05, 4.69) is 25.4 Å². The van der Waals surface area contributed by atoms with Crippen molar-refractivity contribution in [2.24, 2.45) is 0 Å². The van der Waals surface area contributed by atoms with Crippen molar-refractivity contribution in [3.8, 4) is 5.69 Å². The van der Waals surface area contributed by atoms with Gasteiger partial charge in [0.15, 0.2) is 11.4 Å². The van der Waals surface area contributed by atoms with Crippen LogP contribution < -0.4 is 5.32 Å². The van der Waals surface area contributed by atoms with E-state index in [1.807, 2.05) is 0 Å². The Hall–Kier alpha value is -3.33. The third kappa shape index (κ3) is 3.06. The van der Waals surface area contributed by atoms with Gasteiger partial charge in [-0.2, -0.15) is 5.10 Å². The van der Waals surface area contributed by atoms with Crippen molar-refractivity contribution in [1.82, 2.24) is 24.7 Å². The summed E-state index contributed by atoms with van der Waals surface area (Å²) in [6.07, 6.45) is 5.22. The Balaban J connectivity index is 1.99. The SMILES string of the molecule is O=C(O)c1nccnc1C(=O)Nc1cc(Cl)ccc1-n1cncn1. The number of benzene rings is 1. The minimum Gasteiger partial charge on any atom is -0.476 e. The Morgan fingerprint density at radius 3 is 2.58 bits per heavy atom. The molecule has 24 heavy (non-hydrogen) atoms. The van der Waals surface area contributed by atoms with Crippen molar-refractivity contribution in [2.45, 2.75) is 0 Å². The monoisotopic (exact) mass is 344 g/mol. The summed E-state index contributed by atoms with van der Waals surface area (Å²) in [6, 6.07) is 4.77. The van der Waals surface area contributed by atoms with Crippen LogP contribution in [0.5, 0.6) is 0 Å². The van der Waals surface area contributed by atoms with Gasteiger partial charge in [-0.05, 0) is 18.2 Å². The molecule has 9 nitrogen and oxygen atoms in total. The van der Waals surface area contributed by atoms with E-state index >= 15 is 0 Å². The van der Waals surface area contributed by atoms with Crippen molar-refractivity contribution in [1.29, 1.82) is 0 Å². The van der Waals surface area contributed by atoms with E-state index in [1.54, 1.807) is 12.1 Å². The Morgan fingerprint density at radius 1 is 1.17 bits per heavy atom. The average Bonchev–Trinajstić information content (AvgIpc) is 3.09. The Labute approximate surface area is 140 Å². The third-order valence-electron chi connectivity index (χ3n) is 2.99. The fourth-order valence-electron chi connectivity index (χ4n) is 1.98. The Morgan fingerprint density at radius 2 is 1.92 bits per heavy atom. The van der Waals surface area contributed by atoms with Crippen LogP contribution in [0.25, 0.3) is 5.69 Å². The normalized spacial score (nSPS) is 10.4. The maximum Gasteiger partial charge on any atom is 0.356 e. The molecule has 0 saturated heterocycles. The molecule has 0 aliphatic heterocycles. The molecular weight excluding hydrogens is 336 g/mol. The molecule has 0 aliphatic rings. The van der Waals surface area contributed by atoms with Crippen LogP contribution in [-0.2, 0) is 0 Å². The number of nitrogens with one attached hydrogen (secondary N) is 1. The summed E-state index contributed by atoms with van der Waals surface area (Å²) in [5, 5.41) is 16.0. The van der Waals surface area contributed by atoms with Crippen LogP contribution in [0.2, 0.25) is 5.02 Å². The lowest BCUT2D eigenvalue weighted by Gasteiger charge is -2.11. The summed E-state index contributed by atoms with van der Waals surface area (Å²) >= 11 is 5.97. The fourth-order valence-corrected chi connectivity index (χ4v) is 2.16. The molecule has 3 rings (SSSR count). The highest BCUT2D eigenvalue weighted by Crippen LogP contribution is 2.24. The Bertz CT molecular complexity index is 913. The number of carboxylic acids is 1. The zero-order valence-corrected chi connectivity index (χ0v) is 12.7. The molecule has 0 saturated carbocycles. The smallest absolute Gasteiger partial charge is 0.356 e. The topological polar surface area (TPSA) is 123 Å². The number of hydrogen-bond donors (Lipinski definition) is 2. The molecule has 3 aromatic rings. The number of nitrogens with zero attached hydrogens (tertiary/aromatic N) is 5. The first-order valence-electron chi connectivity index (χ1n) is 6.56. The molecule has 0 aliphatic carbocycles. The largest absolute Gasteiger partial charge is 0.476 e. The summed E-state index contributed by atoms with van der Waals surface area (Å²) in [7, 11) is 0. The van der Waals surface area contributed by atoms with Gasteiger partial charge in [-0.1, -0.05) is 11.6 Å². The number of carboxylic acid groups (broad SMARTS) is 1. The van der Waals surface area contributed by atoms with Gasteiger partial charge in [0.25, 0.3) is 5.91 Å².